The van der Waals surface area contributed by atoms with Crippen molar-refractivity contribution in [3.05, 3.63) is 29.6 Å². The van der Waals surface area contributed by atoms with Gasteiger partial charge in [0.2, 0.25) is 11.7 Å². The number of hydrogen-bond acceptors (Lipinski definition) is 6. The Kier molecular flexibility index (Phi) is 5.07. The Bertz CT molecular complexity index is 838. The zero-order chi connectivity index (χ0) is 18.9. The molecule has 1 aromatic carbocycles. The Labute approximate surface area is 145 Å². The number of methoxy groups -OCH3 is 2. The summed E-state index contributed by atoms with van der Waals surface area (Å²) in [6.45, 7) is 5.73. The molecule has 9 heteroatoms. The Morgan fingerprint density at radius 2 is 1.76 bits per heavy atom. The summed E-state index contributed by atoms with van der Waals surface area (Å²) in [6.07, 6.45) is 0. The first-order chi connectivity index (χ1) is 11.6. The van der Waals surface area contributed by atoms with Gasteiger partial charge in [0.05, 0.1) is 27.9 Å². The van der Waals surface area contributed by atoms with Crippen molar-refractivity contribution in [2.75, 3.05) is 20.0 Å². The number of anilines is 1. The second kappa shape index (κ2) is 6.75. The van der Waals surface area contributed by atoms with Crippen molar-refractivity contribution in [1.82, 2.24) is 9.97 Å². The van der Waals surface area contributed by atoms with Crippen molar-refractivity contribution in [1.29, 1.82) is 0 Å². The van der Waals surface area contributed by atoms with Gasteiger partial charge in [-0.25, -0.2) is 18.6 Å². The van der Waals surface area contributed by atoms with Crippen molar-refractivity contribution < 1.29 is 23.0 Å². The highest BCUT2D eigenvalue weighted by atomic mass is 28.3. The fourth-order valence-corrected chi connectivity index (χ4v) is 3.71. The van der Waals surface area contributed by atoms with Crippen LogP contribution in [0.3, 0.4) is 0 Å². The number of nitrogens with two attached hydrogens (primary N) is 1. The molecule has 2 aromatic rings. The van der Waals surface area contributed by atoms with Gasteiger partial charge in [0.15, 0.2) is 11.6 Å². The molecule has 134 valence electrons. The molecule has 0 aliphatic heterocycles. The van der Waals surface area contributed by atoms with Gasteiger partial charge in [-0.3, -0.25) is 0 Å². The highest BCUT2D eigenvalue weighted by molar-refractivity contribution is 6.88. The third-order valence-electron chi connectivity index (χ3n) is 3.62. The second-order valence-electron chi connectivity index (χ2n) is 6.35. The SMILES string of the molecule is COC(=O)c1nc(N)c(-c2ccc([Si](C)(C)C)c(F)c2F)c(OC)n1. The number of carbonyl (C=O) groups excluding carboxylic acids is 1. The molecular weight excluding hydrogens is 348 g/mol. The zero-order valence-corrected chi connectivity index (χ0v) is 15.6. The van der Waals surface area contributed by atoms with Gasteiger partial charge < -0.3 is 15.2 Å². The van der Waals surface area contributed by atoms with E-state index in [4.69, 9.17) is 10.5 Å². The van der Waals surface area contributed by atoms with Crippen LogP contribution in [-0.4, -0.2) is 38.2 Å². The minimum atomic E-state index is -2.07. The van der Waals surface area contributed by atoms with E-state index < -0.39 is 25.7 Å². The molecule has 25 heavy (non-hydrogen) atoms. The number of benzene rings is 1. The topological polar surface area (TPSA) is 87.3 Å². The molecule has 0 spiro atoms. The molecule has 0 saturated heterocycles. The van der Waals surface area contributed by atoms with E-state index in [1.165, 1.54) is 19.2 Å². The summed E-state index contributed by atoms with van der Waals surface area (Å²) in [5.74, 6) is -3.50. The Balaban J connectivity index is 2.71. The standard InChI is InChI=1S/C16H19F2N3O3Si/c1-23-15-10(13(19)20-14(21-15)16(22)24-2)8-6-7-9(25(3,4)5)12(18)11(8)17/h6-7H,1-5H3,(H2,19,20,21). The molecule has 1 heterocycles. The maximum atomic E-state index is 14.7. The lowest BCUT2D eigenvalue weighted by molar-refractivity contribution is 0.0586. The van der Waals surface area contributed by atoms with Crippen molar-refractivity contribution in [3.63, 3.8) is 0 Å². The van der Waals surface area contributed by atoms with Gasteiger partial charge in [-0.1, -0.05) is 31.8 Å². The summed E-state index contributed by atoms with van der Waals surface area (Å²) < 4.78 is 38.8. The normalized spacial score (nSPS) is 11.3. The first kappa shape index (κ1) is 18.8. The predicted molar refractivity (Wildman–Crippen MR) is 92.7 cm³/mol. The molecule has 0 unspecified atom stereocenters. The number of carbonyl (C=O) groups is 1. The van der Waals surface area contributed by atoms with E-state index in [2.05, 4.69) is 14.7 Å². The number of esters is 1. The predicted octanol–water partition coefficient (Wildman–Crippen LogP) is 2.34. The van der Waals surface area contributed by atoms with Crippen LogP contribution in [-0.2, 0) is 4.74 Å². The lowest BCUT2D eigenvalue weighted by Crippen LogP contribution is -2.40. The van der Waals surface area contributed by atoms with E-state index >= 15 is 0 Å². The van der Waals surface area contributed by atoms with Gasteiger partial charge in [0, 0.05) is 5.56 Å². The lowest BCUT2D eigenvalue weighted by Gasteiger charge is -2.19. The average Bonchev–Trinajstić information content (AvgIpc) is 2.55. The summed E-state index contributed by atoms with van der Waals surface area (Å²) >= 11 is 0. The third kappa shape index (κ3) is 3.46. The van der Waals surface area contributed by atoms with Crippen LogP contribution in [0.5, 0.6) is 5.88 Å². The zero-order valence-electron chi connectivity index (χ0n) is 14.6. The van der Waals surface area contributed by atoms with Gasteiger partial charge in [-0.05, 0) is 5.19 Å². The number of nitrogen functional groups attached to an aromatic ring is 1. The Morgan fingerprint density at radius 3 is 2.28 bits per heavy atom. The van der Waals surface area contributed by atoms with Crippen LogP contribution in [0.25, 0.3) is 11.1 Å². The number of nitrogens with zero attached hydrogens (tertiary/aromatic N) is 2. The van der Waals surface area contributed by atoms with Crippen LogP contribution in [0.1, 0.15) is 10.6 Å². The minimum Gasteiger partial charge on any atom is -0.480 e. The molecule has 0 aliphatic rings. The smallest absolute Gasteiger partial charge is 0.376 e. The van der Waals surface area contributed by atoms with Crippen LogP contribution in [0.15, 0.2) is 12.1 Å². The van der Waals surface area contributed by atoms with E-state index in [0.29, 0.717) is 5.19 Å². The van der Waals surface area contributed by atoms with Gasteiger partial charge >= 0.3 is 5.97 Å². The first-order valence-electron chi connectivity index (χ1n) is 7.40. The van der Waals surface area contributed by atoms with Crippen LogP contribution < -0.4 is 15.7 Å². The molecule has 0 radical (unpaired) electrons. The van der Waals surface area contributed by atoms with Gasteiger partial charge in [0.25, 0.3) is 0 Å². The number of aromatic nitrogens is 2. The number of halogens is 2. The quantitative estimate of drug-likeness (QED) is 0.659. The number of ether oxygens (including phenoxy) is 2. The van der Waals surface area contributed by atoms with Gasteiger partial charge in [0.1, 0.15) is 5.82 Å². The maximum Gasteiger partial charge on any atom is 0.376 e. The number of hydrogen-bond donors (Lipinski definition) is 1. The molecular formula is C16H19F2N3O3Si. The van der Waals surface area contributed by atoms with Gasteiger partial charge in [-0.15, -0.1) is 0 Å². The summed E-state index contributed by atoms with van der Waals surface area (Å²) in [4.78, 5) is 19.2. The van der Waals surface area contributed by atoms with Crippen molar-refractivity contribution in [3.8, 4) is 17.0 Å². The van der Waals surface area contributed by atoms with Crippen LogP contribution in [0, 0.1) is 11.6 Å². The molecule has 0 saturated carbocycles. The summed E-state index contributed by atoms with van der Waals surface area (Å²) in [5.41, 5.74) is 5.69. The highest BCUT2D eigenvalue weighted by Gasteiger charge is 2.28. The maximum absolute atomic E-state index is 14.7. The molecule has 0 amide bonds. The van der Waals surface area contributed by atoms with Crippen LogP contribution in [0.4, 0.5) is 14.6 Å². The highest BCUT2D eigenvalue weighted by Crippen LogP contribution is 2.35. The molecule has 2 rings (SSSR count). The van der Waals surface area contributed by atoms with Gasteiger partial charge in [-0.2, -0.15) is 4.98 Å². The van der Waals surface area contributed by atoms with Crippen molar-refractivity contribution >= 4 is 25.0 Å². The second-order valence-corrected chi connectivity index (χ2v) is 11.4. The van der Waals surface area contributed by atoms with Crippen molar-refractivity contribution in [2.24, 2.45) is 0 Å². The Hall–Kier alpha value is -2.55. The minimum absolute atomic E-state index is 0.0197. The summed E-state index contributed by atoms with van der Waals surface area (Å²) in [5, 5.41) is 0.360. The van der Waals surface area contributed by atoms with Crippen molar-refractivity contribution in [2.45, 2.75) is 19.6 Å². The van der Waals surface area contributed by atoms with E-state index in [1.54, 1.807) is 0 Å². The van der Waals surface area contributed by atoms with E-state index in [1.807, 2.05) is 19.6 Å². The third-order valence-corrected chi connectivity index (χ3v) is 5.63. The molecule has 0 atom stereocenters. The monoisotopic (exact) mass is 367 g/mol. The van der Waals surface area contributed by atoms with E-state index in [-0.39, 0.29) is 28.6 Å². The van der Waals surface area contributed by atoms with E-state index in [0.717, 1.165) is 7.11 Å². The van der Waals surface area contributed by atoms with Crippen LogP contribution >= 0.6 is 0 Å². The molecule has 2 N–H and O–H groups in total. The Morgan fingerprint density at radius 1 is 1.12 bits per heavy atom. The molecule has 1 aromatic heterocycles. The van der Waals surface area contributed by atoms with E-state index in [9.17, 15) is 13.6 Å². The lowest BCUT2D eigenvalue weighted by atomic mass is 10.1. The van der Waals surface area contributed by atoms with Crippen LogP contribution in [0.2, 0.25) is 19.6 Å². The number of rotatable bonds is 4. The summed E-state index contributed by atoms with van der Waals surface area (Å²) in [6, 6.07) is 2.95. The molecule has 0 aliphatic carbocycles. The first-order valence-corrected chi connectivity index (χ1v) is 10.9. The molecule has 0 fully saturated rings. The summed E-state index contributed by atoms with van der Waals surface area (Å²) in [7, 11) is 0.367. The molecule has 6 nitrogen and oxygen atoms in total. The molecule has 0 bridgehead atoms. The average molecular weight is 367 g/mol. The largest absolute Gasteiger partial charge is 0.480 e. The fourth-order valence-electron chi connectivity index (χ4n) is 2.36. The fraction of sp³-hybridized carbons (Fsp3) is 0.312.